The summed E-state index contributed by atoms with van der Waals surface area (Å²) in [4.78, 5) is 17.8. The van der Waals surface area contributed by atoms with E-state index in [1.807, 2.05) is 24.3 Å². The number of para-hydroxylation sites is 1. The Labute approximate surface area is 244 Å². The van der Waals surface area contributed by atoms with E-state index in [9.17, 15) is 18.0 Å². The van der Waals surface area contributed by atoms with Gasteiger partial charge in [-0.05, 0) is 59.7 Å². The van der Waals surface area contributed by atoms with E-state index in [2.05, 4.69) is 26.0 Å². The minimum atomic E-state index is -4.57. The SMILES string of the molecule is O=c1c2ccccc2nc(-c2cccc(C(F)(F)F)c2)n1N=Cc1cc(Cl)c(OCc2ccc(Br)cc2)c(Cl)c1. The van der Waals surface area contributed by atoms with Crippen LogP contribution in [0.1, 0.15) is 16.7 Å². The van der Waals surface area contributed by atoms with Crippen molar-refractivity contribution in [1.29, 1.82) is 0 Å². The van der Waals surface area contributed by atoms with E-state index < -0.39 is 17.3 Å². The molecule has 5 aromatic rings. The van der Waals surface area contributed by atoms with Gasteiger partial charge in [-0.3, -0.25) is 4.79 Å². The van der Waals surface area contributed by atoms with Crippen molar-refractivity contribution in [2.45, 2.75) is 12.8 Å². The van der Waals surface area contributed by atoms with E-state index >= 15 is 0 Å². The molecule has 1 heterocycles. The molecule has 11 heteroatoms. The van der Waals surface area contributed by atoms with Crippen LogP contribution < -0.4 is 10.3 Å². The maximum atomic E-state index is 13.4. The molecule has 0 aliphatic heterocycles. The number of benzene rings is 4. The van der Waals surface area contributed by atoms with Gasteiger partial charge in [-0.2, -0.15) is 22.9 Å². The minimum Gasteiger partial charge on any atom is -0.486 e. The molecule has 0 radical (unpaired) electrons. The van der Waals surface area contributed by atoms with Gasteiger partial charge in [0.05, 0.1) is 32.7 Å². The van der Waals surface area contributed by atoms with E-state index in [1.165, 1.54) is 18.3 Å². The Balaban J connectivity index is 1.52. The summed E-state index contributed by atoms with van der Waals surface area (Å²) < 4.78 is 47.9. The summed E-state index contributed by atoms with van der Waals surface area (Å²) in [5, 5.41) is 4.97. The van der Waals surface area contributed by atoms with Crippen molar-refractivity contribution in [3.05, 3.63) is 126 Å². The molecule has 0 N–H and O–H groups in total. The number of rotatable bonds is 6. The average Bonchev–Trinajstić information content (AvgIpc) is 2.92. The molecule has 0 fully saturated rings. The second-order valence-corrected chi connectivity index (χ2v) is 10.4. The first-order chi connectivity index (χ1) is 19.1. The Morgan fingerprint density at radius 2 is 1.65 bits per heavy atom. The summed E-state index contributed by atoms with van der Waals surface area (Å²) in [6.45, 7) is 0.235. The molecule has 0 atom stereocenters. The molecule has 4 aromatic carbocycles. The minimum absolute atomic E-state index is 0.0577. The van der Waals surface area contributed by atoms with Crippen molar-refractivity contribution in [3.8, 4) is 17.1 Å². The van der Waals surface area contributed by atoms with E-state index in [0.29, 0.717) is 11.1 Å². The van der Waals surface area contributed by atoms with Gasteiger partial charge in [-0.1, -0.05) is 75.5 Å². The maximum Gasteiger partial charge on any atom is 0.416 e. The van der Waals surface area contributed by atoms with Crippen LogP contribution in [0.3, 0.4) is 0 Å². The summed E-state index contributed by atoms with van der Waals surface area (Å²) in [6, 6.07) is 21.7. The molecule has 202 valence electrons. The highest BCUT2D eigenvalue weighted by atomic mass is 79.9. The second-order valence-electron chi connectivity index (χ2n) is 8.62. The molecule has 0 aliphatic carbocycles. The normalized spacial score (nSPS) is 11.8. The van der Waals surface area contributed by atoms with Crippen LogP contribution in [0.5, 0.6) is 5.75 Å². The van der Waals surface area contributed by atoms with Crippen LogP contribution in [-0.2, 0) is 12.8 Å². The Hall–Kier alpha value is -3.66. The zero-order chi connectivity index (χ0) is 28.4. The van der Waals surface area contributed by atoms with E-state index in [4.69, 9.17) is 27.9 Å². The average molecular weight is 647 g/mol. The first-order valence-corrected chi connectivity index (χ1v) is 13.2. The first kappa shape index (κ1) is 27.9. The molecule has 5 rings (SSSR count). The van der Waals surface area contributed by atoms with Crippen molar-refractivity contribution < 1.29 is 17.9 Å². The van der Waals surface area contributed by atoms with E-state index in [1.54, 1.807) is 36.4 Å². The van der Waals surface area contributed by atoms with Gasteiger partial charge in [0.1, 0.15) is 6.61 Å². The number of nitrogens with zero attached hydrogens (tertiary/aromatic N) is 3. The van der Waals surface area contributed by atoms with Crippen LogP contribution >= 0.6 is 39.1 Å². The number of fused-ring (bicyclic) bond motifs is 1. The van der Waals surface area contributed by atoms with Crippen LogP contribution in [-0.4, -0.2) is 15.9 Å². The van der Waals surface area contributed by atoms with Crippen LogP contribution in [0.4, 0.5) is 13.2 Å². The van der Waals surface area contributed by atoms with E-state index in [-0.39, 0.29) is 39.2 Å². The molecule has 0 bridgehead atoms. The molecule has 0 unspecified atom stereocenters. The summed E-state index contributed by atoms with van der Waals surface area (Å²) >= 11 is 16.3. The lowest BCUT2D eigenvalue weighted by Gasteiger charge is -2.12. The molecular weight excluding hydrogens is 630 g/mol. The third kappa shape index (κ3) is 6.06. The van der Waals surface area contributed by atoms with Crippen molar-refractivity contribution >= 4 is 56.2 Å². The quantitative estimate of drug-likeness (QED) is 0.174. The fraction of sp³-hybridized carbons (Fsp3) is 0.0690. The molecule has 40 heavy (non-hydrogen) atoms. The fourth-order valence-electron chi connectivity index (χ4n) is 3.90. The lowest BCUT2D eigenvalue weighted by molar-refractivity contribution is -0.137. The van der Waals surface area contributed by atoms with Crippen molar-refractivity contribution in [2.75, 3.05) is 0 Å². The highest BCUT2D eigenvalue weighted by Crippen LogP contribution is 2.35. The largest absolute Gasteiger partial charge is 0.486 e. The molecule has 1 aromatic heterocycles. The van der Waals surface area contributed by atoms with Gasteiger partial charge >= 0.3 is 6.18 Å². The molecule has 0 amide bonds. The molecule has 0 spiro atoms. The van der Waals surface area contributed by atoms with Crippen LogP contribution in [0.25, 0.3) is 22.3 Å². The van der Waals surface area contributed by atoms with Gasteiger partial charge < -0.3 is 4.74 Å². The van der Waals surface area contributed by atoms with Crippen molar-refractivity contribution in [2.24, 2.45) is 5.10 Å². The first-order valence-electron chi connectivity index (χ1n) is 11.7. The summed E-state index contributed by atoms with van der Waals surface area (Å²) in [6.07, 6.45) is -3.25. The lowest BCUT2D eigenvalue weighted by atomic mass is 10.1. The third-order valence-electron chi connectivity index (χ3n) is 5.84. The molecule has 0 aliphatic rings. The van der Waals surface area contributed by atoms with Crippen LogP contribution in [0, 0.1) is 0 Å². The number of halogens is 6. The van der Waals surface area contributed by atoms with Crippen molar-refractivity contribution in [1.82, 2.24) is 9.66 Å². The predicted molar refractivity (Wildman–Crippen MR) is 154 cm³/mol. The van der Waals surface area contributed by atoms with Crippen LogP contribution in [0.2, 0.25) is 10.0 Å². The molecule has 5 nitrogen and oxygen atoms in total. The molecular formula is C29H17BrCl2F3N3O2. The maximum absolute atomic E-state index is 13.4. The Morgan fingerprint density at radius 1 is 0.950 bits per heavy atom. The summed E-state index contributed by atoms with van der Waals surface area (Å²) in [7, 11) is 0. The van der Waals surface area contributed by atoms with Crippen LogP contribution in [0.15, 0.2) is 99.3 Å². The fourth-order valence-corrected chi connectivity index (χ4v) is 4.78. The number of aromatic nitrogens is 2. The zero-order valence-corrected chi connectivity index (χ0v) is 23.4. The third-order valence-corrected chi connectivity index (χ3v) is 6.93. The molecule has 0 saturated carbocycles. The summed E-state index contributed by atoms with van der Waals surface area (Å²) in [5.41, 5.74) is 0.306. The highest BCUT2D eigenvalue weighted by molar-refractivity contribution is 9.10. The molecule has 0 saturated heterocycles. The number of hydrogen-bond acceptors (Lipinski definition) is 4. The van der Waals surface area contributed by atoms with Gasteiger partial charge in [0.15, 0.2) is 11.6 Å². The zero-order valence-electron chi connectivity index (χ0n) is 20.3. The standard InChI is InChI=1S/C29H17BrCl2F3N3O2/c30-21-10-8-17(9-11-21)16-40-26-23(31)12-18(13-24(26)32)15-36-38-27(19-4-3-5-20(14-19)29(33,34)35)37-25-7-2-1-6-22(25)28(38)39/h1-15H,16H2. The van der Waals surface area contributed by atoms with E-state index in [0.717, 1.165) is 26.8 Å². The predicted octanol–water partition coefficient (Wildman–Crippen LogP) is 8.61. The van der Waals surface area contributed by atoms with Gasteiger partial charge in [0.2, 0.25) is 0 Å². The number of ether oxygens (including phenoxy) is 1. The Bertz CT molecular complexity index is 1780. The van der Waals surface area contributed by atoms with Gasteiger partial charge in [-0.25, -0.2) is 4.98 Å². The van der Waals surface area contributed by atoms with Crippen molar-refractivity contribution in [3.63, 3.8) is 0 Å². The highest BCUT2D eigenvalue weighted by Gasteiger charge is 2.31. The number of hydrogen-bond donors (Lipinski definition) is 0. The Morgan fingerprint density at radius 3 is 2.35 bits per heavy atom. The summed E-state index contributed by atoms with van der Waals surface area (Å²) in [5.74, 6) is 0.218. The topological polar surface area (TPSA) is 56.5 Å². The monoisotopic (exact) mass is 645 g/mol. The Kier molecular flexibility index (Phi) is 7.98. The second kappa shape index (κ2) is 11.4. The number of alkyl halides is 3. The van der Waals surface area contributed by atoms with Gasteiger partial charge in [0, 0.05) is 10.0 Å². The van der Waals surface area contributed by atoms with Gasteiger partial charge in [0.25, 0.3) is 5.56 Å². The van der Waals surface area contributed by atoms with Gasteiger partial charge in [-0.15, -0.1) is 0 Å². The smallest absolute Gasteiger partial charge is 0.416 e. The lowest BCUT2D eigenvalue weighted by Crippen LogP contribution is -2.20.